The summed E-state index contributed by atoms with van der Waals surface area (Å²) in [5.74, 6) is -3.24. The molecule has 0 bridgehead atoms. The molecule has 23 heavy (non-hydrogen) atoms. The molecular weight excluding hydrogens is 313 g/mol. The molecule has 0 heterocycles. The van der Waals surface area contributed by atoms with Gasteiger partial charge in [0.2, 0.25) is 5.82 Å². The van der Waals surface area contributed by atoms with Crippen LogP contribution in [-0.2, 0) is 14.3 Å². The second kappa shape index (κ2) is 7.61. The van der Waals surface area contributed by atoms with Crippen molar-refractivity contribution in [1.82, 2.24) is 5.32 Å². The molecule has 2 amide bonds. The lowest BCUT2D eigenvalue weighted by molar-refractivity contribution is -0.387. The standard InChI is InChI=1S/C13H16FN3O6/c1-13(20,7-23-2)6-15-11(18)12(19)16-8-3-4-9(14)10(5-8)17(21)22/h3-5,20H,6-7H2,1-2H3,(H,15,18)(H,16,19). The maximum atomic E-state index is 13.2. The van der Waals surface area contributed by atoms with Crippen LogP contribution >= 0.6 is 0 Å². The Hall–Kier alpha value is -2.59. The van der Waals surface area contributed by atoms with Gasteiger partial charge >= 0.3 is 17.5 Å². The van der Waals surface area contributed by atoms with Crippen molar-refractivity contribution >= 4 is 23.2 Å². The van der Waals surface area contributed by atoms with E-state index in [0.29, 0.717) is 0 Å². The Morgan fingerprint density at radius 3 is 2.65 bits per heavy atom. The smallest absolute Gasteiger partial charge is 0.313 e. The van der Waals surface area contributed by atoms with E-state index < -0.39 is 33.8 Å². The molecule has 0 saturated carbocycles. The zero-order valence-electron chi connectivity index (χ0n) is 12.5. The average molecular weight is 329 g/mol. The molecule has 1 aromatic carbocycles. The van der Waals surface area contributed by atoms with Crippen molar-refractivity contribution in [3.63, 3.8) is 0 Å². The van der Waals surface area contributed by atoms with Crippen molar-refractivity contribution in [2.45, 2.75) is 12.5 Å². The molecular formula is C13H16FN3O6. The molecule has 0 aliphatic rings. The molecule has 1 atom stereocenters. The van der Waals surface area contributed by atoms with E-state index in [-0.39, 0.29) is 18.8 Å². The van der Waals surface area contributed by atoms with Gasteiger partial charge in [-0.3, -0.25) is 19.7 Å². The number of methoxy groups -OCH3 is 1. The second-order valence-corrected chi connectivity index (χ2v) is 4.99. The number of carbonyl (C=O) groups excluding carboxylic acids is 2. The summed E-state index contributed by atoms with van der Waals surface area (Å²) < 4.78 is 17.9. The van der Waals surface area contributed by atoms with Crippen molar-refractivity contribution < 1.29 is 28.7 Å². The first kappa shape index (κ1) is 18.5. The number of aliphatic hydroxyl groups is 1. The predicted octanol–water partition coefficient (Wildman–Crippen LogP) is 0.186. The molecule has 0 radical (unpaired) electrons. The summed E-state index contributed by atoms with van der Waals surface area (Å²) in [7, 11) is 1.37. The van der Waals surface area contributed by atoms with Crippen molar-refractivity contribution in [2.24, 2.45) is 0 Å². The summed E-state index contributed by atoms with van der Waals surface area (Å²) in [6, 6.07) is 2.67. The van der Waals surface area contributed by atoms with Crippen LogP contribution in [0.25, 0.3) is 0 Å². The maximum Gasteiger partial charge on any atom is 0.313 e. The molecule has 1 unspecified atom stereocenters. The number of nitro benzene ring substituents is 1. The summed E-state index contributed by atoms with van der Waals surface area (Å²) >= 11 is 0. The van der Waals surface area contributed by atoms with Crippen molar-refractivity contribution in [2.75, 3.05) is 25.6 Å². The highest BCUT2D eigenvalue weighted by Crippen LogP contribution is 2.21. The molecule has 0 aliphatic heterocycles. The fourth-order valence-electron chi connectivity index (χ4n) is 1.63. The number of nitro groups is 1. The first-order valence-electron chi connectivity index (χ1n) is 6.41. The summed E-state index contributed by atoms with van der Waals surface area (Å²) in [6.45, 7) is 1.10. The van der Waals surface area contributed by atoms with Gasteiger partial charge in [0, 0.05) is 25.4 Å². The molecule has 1 aromatic rings. The van der Waals surface area contributed by atoms with E-state index in [9.17, 15) is 29.2 Å². The van der Waals surface area contributed by atoms with Gasteiger partial charge in [-0.1, -0.05) is 0 Å². The normalized spacial score (nSPS) is 13.0. The summed E-state index contributed by atoms with van der Waals surface area (Å²) in [4.78, 5) is 32.9. The first-order valence-corrected chi connectivity index (χ1v) is 6.41. The Kier molecular flexibility index (Phi) is 6.10. The largest absolute Gasteiger partial charge is 0.386 e. The lowest BCUT2D eigenvalue weighted by atomic mass is 10.1. The number of benzene rings is 1. The number of nitrogens with one attached hydrogen (secondary N) is 2. The van der Waals surface area contributed by atoms with Gasteiger partial charge in [0.15, 0.2) is 0 Å². The molecule has 126 valence electrons. The molecule has 0 aromatic heterocycles. The second-order valence-electron chi connectivity index (χ2n) is 4.99. The summed E-state index contributed by atoms with van der Waals surface area (Å²) in [5.41, 5.74) is -2.30. The van der Waals surface area contributed by atoms with Crippen LogP contribution < -0.4 is 10.6 Å². The van der Waals surface area contributed by atoms with Crippen LogP contribution in [0.2, 0.25) is 0 Å². The van der Waals surface area contributed by atoms with E-state index in [1.807, 2.05) is 0 Å². The Morgan fingerprint density at radius 1 is 1.43 bits per heavy atom. The predicted molar refractivity (Wildman–Crippen MR) is 77.2 cm³/mol. The van der Waals surface area contributed by atoms with Crippen LogP contribution in [-0.4, -0.2) is 47.7 Å². The molecule has 1 rings (SSSR count). The maximum absolute atomic E-state index is 13.2. The molecule has 10 heteroatoms. The van der Waals surface area contributed by atoms with Gasteiger partial charge in [0.25, 0.3) is 0 Å². The van der Waals surface area contributed by atoms with E-state index in [0.717, 1.165) is 18.2 Å². The Balaban J connectivity index is 2.67. The average Bonchev–Trinajstić information content (AvgIpc) is 2.46. The lowest BCUT2D eigenvalue weighted by Gasteiger charge is -2.22. The molecule has 0 aliphatic carbocycles. The molecule has 0 spiro atoms. The number of rotatable bonds is 6. The highest BCUT2D eigenvalue weighted by molar-refractivity contribution is 6.39. The fraction of sp³-hybridized carbons (Fsp3) is 0.385. The van der Waals surface area contributed by atoms with Gasteiger partial charge in [-0.15, -0.1) is 0 Å². The minimum absolute atomic E-state index is 0.0565. The first-order chi connectivity index (χ1) is 10.7. The van der Waals surface area contributed by atoms with Crippen LogP contribution in [0.1, 0.15) is 6.92 Å². The van der Waals surface area contributed by atoms with E-state index in [2.05, 4.69) is 10.6 Å². The van der Waals surface area contributed by atoms with Gasteiger partial charge in [-0.05, 0) is 19.1 Å². The van der Waals surface area contributed by atoms with Crippen LogP contribution in [0.5, 0.6) is 0 Å². The van der Waals surface area contributed by atoms with Crippen LogP contribution in [0.3, 0.4) is 0 Å². The minimum atomic E-state index is -1.36. The lowest BCUT2D eigenvalue weighted by Crippen LogP contribution is -2.46. The number of carbonyl (C=O) groups is 2. The quantitative estimate of drug-likeness (QED) is 0.388. The third-order valence-corrected chi connectivity index (χ3v) is 2.69. The van der Waals surface area contributed by atoms with Crippen molar-refractivity contribution in [1.29, 1.82) is 0 Å². The van der Waals surface area contributed by atoms with E-state index in [4.69, 9.17) is 4.74 Å². The monoisotopic (exact) mass is 329 g/mol. The molecule has 3 N–H and O–H groups in total. The Labute approximate surface area is 130 Å². The number of nitrogens with zero attached hydrogens (tertiary/aromatic N) is 1. The number of halogens is 1. The number of amides is 2. The Bertz CT molecular complexity index is 620. The summed E-state index contributed by atoms with van der Waals surface area (Å²) in [6.07, 6.45) is 0. The highest BCUT2D eigenvalue weighted by atomic mass is 19.1. The third-order valence-electron chi connectivity index (χ3n) is 2.69. The number of anilines is 1. The van der Waals surface area contributed by atoms with Gasteiger partial charge in [0.1, 0.15) is 5.60 Å². The molecule has 0 fully saturated rings. The third kappa shape index (κ3) is 5.60. The van der Waals surface area contributed by atoms with Gasteiger partial charge in [0.05, 0.1) is 11.5 Å². The zero-order chi connectivity index (χ0) is 17.6. The summed E-state index contributed by atoms with van der Waals surface area (Å²) in [5, 5.41) is 24.7. The Morgan fingerprint density at radius 2 is 2.09 bits per heavy atom. The van der Waals surface area contributed by atoms with Gasteiger partial charge < -0.3 is 20.5 Å². The highest BCUT2D eigenvalue weighted by Gasteiger charge is 2.24. The number of hydrogen-bond donors (Lipinski definition) is 3. The zero-order valence-corrected chi connectivity index (χ0v) is 12.5. The van der Waals surface area contributed by atoms with Gasteiger partial charge in [-0.25, -0.2) is 0 Å². The minimum Gasteiger partial charge on any atom is -0.386 e. The number of ether oxygens (including phenoxy) is 1. The molecule has 0 saturated heterocycles. The molecule has 9 nitrogen and oxygen atoms in total. The van der Waals surface area contributed by atoms with Gasteiger partial charge in [-0.2, -0.15) is 4.39 Å². The van der Waals surface area contributed by atoms with Crippen molar-refractivity contribution in [3.8, 4) is 0 Å². The fourth-order valence-corrected chi connectivity index (χ4v) is 1.63. The van der Waals surface area contributed by atoms with Crippen LogP contribution in [0, 0.1) is 15.9 Å². The van der Waals surface area contributed by atoms with Crippen LogP contribution in [0.4, 0.5) is 15.8 Å². The van der Waals surface area contributed by atoms with E-state index >= 15 is 0 Å². The van der Waals surface area contributed by atoms with Crippen LogP contribution in [0.15, 0.2) is 18.2 Å². The van der Waals surface area contributed by atoms with Crippen molar-refractivity contribution in [3.05, 3.63) is 34.1 Å². The van der Waals surface area contributed by atoms with E-state index in [1.54, 1.807) is 0 Å². The number of hydrogen-bond acceptors (Lipinski definition) is 6. The SMILES string of the molecule is COCC(C)(O)CNC(=O)C(=O)Nc1ccc(F)c([N+](=O)[O-])c1. The van der Waals surface area contributed by atoms with E-state index in [1.165, 1.54) is 14.0 Å². The topological polar surface area (TPSA) is 131 Å².